The van der Waals surface area contributed by atoms with Crippen molar-refractivity contribution in [3.63, 3.8) is 0 Å². The molecule has 5 atom stereocenters. The zero-order chi connectivity index (χ0) is 24.2. The molecule has 0 saturated carbocycles. The second-order valence-corrected chi connectivity index (χ2v) is 9.19. The average Bonchev–Trinajstić information content (AvgIpc) is 3.40. The van der Waals surface area contributed by atoms with E-state index in [1.165, 1.54) is 4.90 Å². The first-order valence-electron chi connectivity index (χ1n) is 11.7. The summed E-state index contributed by atoms with van der Waals surface area (Å²) in [4.78, 5) is 43.7. The minimum atomic E-state index is -1.31. The van der Waals surface area contributed by atoms with Crippen LogP contribution in [0.25, 0.3) is 11.0 Å². The number of ether oxygens (including phenoxy) is 2. The summed E-state index contributed by atoms with van der Waals surface area (Å²) in [7, 11) is 0. The number of likely N-dealkylation sites (tertiary alicyclic amines) is 1. The summed E-state index contributed by atoms with van der Waals surface area (Å²) in [6.07, 6.45) is 6.67. The van der Waals surface area contributed by atoms with Gasteiger partial charge in [0, 0.05) is 19.7 Å². The molecule has 1 spiro atoms. The number of rotatable bonds is 5. The molecule has 2 amide bonds. The molecule has 182 valence electrons. The Morgan fingerprint density at radius 2 is 2.00 bits per heavy atom. The van der Waals surface area contributed by atoms with Crippen LogP contribution in [0.5, 0.6) is 0 Å². The Morgan fingerprint density at radius 3 is 2.86 bits per heavy atom. The number of aliphatic hydroxyl groups excluding tert-OH is 1. The third kappa shape index (κ3) is 3.22. The van der Waals surface area contributed by atoms with Gasteiger partial charge in [0.2, 0.25) is 5.91 Å². The molecule has 0 aliphatic carbocycles. The molecule has 2 fully saturated rings. The molecule has 1 unspecified atom stereocenters. The average molecular weight is 479 g/mol. The number of hydrogen-bond acceptors (Lipinski definition) is 8. The van der Waals surface area contributed by atoms with E-state index in [1.54, 1.807) is 27.8 Å². The van der Waals surface area contributed by atoms with E-state index < -0.39 is 35.6 Å². The molecule has 0 radical (unpaired) electrons. The molecule has 0 bridgehead atoms. The summed E-state index contributed by atoms with van der Waals surface area (Å²) in [5.74, 6) is -2.88. The second kappa shape index (κ2) is 8.28. The van der Waals surface area contributed by atoms with E-state index >= 15 is 0 Å². The number of nitrogens with zero attached hydrogens (tertiary/aromatic N) is 5. The predicted molar refractivity (Wildman–Crippen MR) is 120 cm³/mol. The predicted octanol–water partition coefficient (Wildman–Crippen LogP) is -0.137. The number of carbonyl (C=O) groups excluding carboxylic acids is 3. The van der Waals surface area contributed by atoms with E-state index in [9.17, 15) is 19.5 Å². The van der Waals surface area contributed by atoms with Crippen molar-refractivity contribution < 1.29 is 29.0 Å². The highest BCUT2D eigenvalue weighted by Gasteiger charge is 2.71. The maximum atomic E-state index is 14.1. The van der Waals surface area contributed by atoms with Gasteiger partial charge in [-0.25, -0.2) is 4.68 Å². The van der Waals surface area contributed by atoms with Gasteiger partial charge in [-0.1, -0.05) is 35.6 Å². The van der Waals surface area contributed by atoms with Crippen LogP contribution in [0.4, 0.5) is 0 Å². The van der Waals surface area contributed by atoms with E-state index in [-0.39, 0.29) is 44.8 Å². The lowest BCUT2D eigenvalue weighted by Gasteiger charge is -2.35. The fourth-order valence-electron chi connectivity index (χ4n) is 5.81. The number of para-hydroxylation sites is 1. The topological polar surface area (TPSA) is 127 Å². The molecule has 1 aromatic carbocycles. The first kappa shape index (κ1) is 21.9. The number of cyclic esters (lactones) is 1. The lowest BCUT2D eigenvalue weighted by Crippen LogP contribution is -2.55. The number of aromatic nitrogens is 3. The molecule has 1 N–H and O–H groups in total. The minimum Gasteiger partial charge on any atom is -0.461 e. The Labute approximate surface area is 200 Å². The Balaban J connectivity index is 1.39. The van der Waals surface area contributed by atoms with Gasteiger partial charge in [0.1, 0.15) is 36.4 Å². The summed E-state index contributed by atoms with van der Waals surface area (Å²) >= 11 is 0. The van der Waals surface area contributed by atoms with Gasteiger partial charge in [0.05, 0.1) is 17.5 Å². The first-order valence-corrected chi connectivity index (χ1v) is 11.7. The molecule has 11 nitrogen and oxygen atoms in total. The van der Waals surface area contributed by atoms with Crippen molar-refractivity contribution in [1.82, 2.24) is 24.8 Å². The van der Waals surface area contributed by atoms with Crippen LogP contribution in [-0.4, -0.2) is 91.7 Å². The lowest BCUT2D eigenvalue weighted by atomic mass is 9.78. The van der Waals surface area contributed by atoms with Crippen molar-refractivity contribution in [3.8, 4) is 0 Å². The first-order chi connectivity index (χ1) is 17.0. The molecular weight excluding hydrogens is 454 g/mol. The van der Waals surface area contributed by atoms with Crippen molar-refractivity contribution in [2.75, 3.05) is 26.3 Å². The van der Waals surface area contributed by atoms with E-state index in [0.717, 1.165) is 5.52 Å². The minimum absolute atomic E-state index is 0.120. The largest absolute Gasteiger partial charge is 0.461 e. The molecule has 4 aliphatic rings. The maximum Gasteiger partial charge on any atom is 0.313 e. The highest BCUT2D eigenvalue weighted by molar-refractivity contribution is 5.99. The quantitative estimate of drug-likeness (QED) is 0.464. The summed E-state index contributed by atoms with van der Waals surface area (Å²) in [5, 5.41) is 17.8. The van der Waals surface area contributed by atoms with Crippen LogP contribution >= 0.6 is 0 Å². The Bertz CT molecular complexity index is 1260. The number of amides is 2. The maximum absolute atomic E-state index is 14.1. The van der Waals surface area contributed by atoms with Crippen LogP contribution < -0.4 is 0 Å². The number of benzene rings is 1. The number of aliphatic hydroxyl groups is 1. The summed E-state index contributed by atoms with van der Waals surface area (Å²) in [6, 6.07) is 6.49. The summed E-state index contributed by atoms with van der Waals surface area (Å²) in [6.45, 7) is 0.569. The smallest absolute Gasteiger partial charge is 0.313 e. The van der Waals surface area contributed by atoms with Crippen LogP contribution in [0.1, 0.15) is 6.42 Å². The van der Waals surface area contributed by atoms with Gasteiger partial charge < -0.3 is 24.4 Å². The van der Waals surface area contributed by atoms with Crippen LogP contribution in [0.15, 0.2) is 48.6 Å². The third-order valence-corrected chi connectivity index (χ3v) is 7.28. The van der Waals surface area contributed by atoms with Gasteiger partial charge in [-0.3, -0.25) is 14.4 Å². The second-order valence-electron chi connectivity index (χ2n) is 9.19. The SMILES string of the molecule is O=C1OCC=C[C@H]2O[C@]34C=CCN(Cn5nnc6ccccc65)C(=O)C3N(CCCO)C(=O)[C@@H]4[C@@H]12. The number of carbonyl (C=O) groups is 3. The highest BCUT2D eigenvalue weighted by atomic mass is 16.6. The molecular formula is C24H25N5O6. The van der Waals surface area contributed by atoms with E-state index in [0.29, 0.717) is 11.9 Å². The third-order valence-electron chi connectivity index (χ3n) is 7.28. The van der Waals surface area contributed by atoms with Crippen LogP contribution in [0, 0.1) is 11.8 Å². The van der Waals surface area contributed by atoms with Gasteiger partial charge in [-0.2, -0.15) is 0 Å². The normalized spacial score (nSPS) is 31.9. The molecule has 4 aliphatic heterocycles. The summed E-state index contributed by atoms with van der Waals surface area (Å²) < 4.78 is 13.4. The lowest BCUT2D eigenvalue weighted by molar-refractivity contribution is -0.153. The van der Waals surface area contributed by atoms with E-state index in [1.807, 2.05) is 30.3 Å². The van der Waals surface area contributed by atoms with Crippen molar-refractivity contribution >= 4 is 28.8 Å². The molecule has 5 heterocycles. The summed E-state index contributed by atoms with van der Waals surface area (Å²) in [5.41, 5.74) is 0.193. The van der Waals surface area contributed by atoms with E-state index in [2.05, 4.69) is 10.3 Å². The number of fused-ring (bicyclic) bond motifs is 3. The molecule has 6 rings (SSSR count). The van der Waals surface area contributed by atoms with E-state index in [4.69, 9.17) is 9.47 Å². The monoisotopic (exact) mass is 479 g/mol. The number of hydrogen-bond donors (Lipinski definition) is 1. The van der Waals surface area contributed by atoms with Crippen molar-refractivity contribution in [2.24, 2.45) is 11.8 Å². The van der Waals surface area contributed by atoms with Crippen LogP contribution in [-0.2, 0) is 30.5 Å². The van der Waals surface area contributed by atoms with Crippen molar-refractivity contribution in [1.29, 1.82) is 0 Å². The highest BCUT2D eigenvalue weighted by Crippen LogP contribution is 2.53. The standard InChI is InChI=1S/C24H25N5O6/c30-12-5-11-28-20-22(32)27(14-29-16-7-2-1-6-15(16)25-26-29)10-4-9-24(20)19(21(28)31)18-17(35-24)8-3-13-34-23(18)33/h1-4,6-9,17-20,30H,5,10-14H2/t17-,18+,19+,20?,24+/m1/s1. The van der Waals surface area contributed by atoms with Gasteiger partial charge in [-0.15, -0.1) is 5.10 Å². The zero-order valence-corrected chi connectivity index (χ0v) is 18.9. The fourth-order valence-corrected chi connectivity index (χ4v) is 5.81. The fraction of sp³-hybridized carbons (Fsp3) is 0.458. The molecule has 2 aromatic rings. The Kier molecular flexibility index (Phi) is 5.19. The van der Waals surface area contributed by atoms with Crippen LogP contribution in [0.2, 0.25) is 0 Å². The van der Waals surface area contributed by atoms with Crippen molar-refractivity contribution in [2.45, 2.75) is 30.8 Å². The number of esters is 1. The van der Waals surface area contributed by atoms with Gasteiger partial charge in [-0.05, 0) is 24.6 Å². The Morgan fingerprint density at radius 1 is 1.14 bits per heavy atom. The molecule has 2 saturated heterocycles. The van der Waals surface area contributed by atoms with Gasteiger partial charge in [0.15, 0.2) is 0 Å². The molecule has 1 aromatic heterocycles. The van der Waals surface area contributed by atoms with Gasteiger partial charge in [0.25, 0.3) is 5.91 Å². The Hall–Kier alpha value is -3.57. The van der Waals surface area contributed by atoms with Crippen LogP contribution in [0.3, 0.4) is 0 Å². The molecule has 35 heavy (non-hydrogen) atoms. The van der Waals surface area contributed by atoms with Gasteiger partial charge >= 0.3 is 5.97 Å². The van der Waals surface area contributed by atoms with Crippen molar-refractivity contribution in [3.05, 3.63) is 48.6 Å². The molecule has 11 heteroatoms. The zero-order valence-electron chi connectivity index (χ0n) is 18.9.